The number of aliphatic carboxylic acids is 1. The van der Waals surface area contributed by atoms with Crippen LogP contribution in [-0.4, -0.2) is 31.1 Å². The van der Waals surface area contributed by atoms with Gasteiger partial charge in [0.1, 0.15) is 18.3 Å². The molecule has 0 fully saturated rings. The molecule has 0 bridgehead atoms. The SMILES string of the molecule is Cc1cc(NCc2cn(CC(=O)O)nn2)c(C#N)c(C)n1. The third-order valence-corrected chi connectivity index (χ3v) is 2.78. The molecule has 0 aliphatic heterocycles. The molecule has 0 saturated heterocycles. The summed E-state index contributed by atoms with van der Waals surface area (Å²) in [6.45, 7) is 3.74. The van der Waals surface area contributed by atoms with Crippen molar-refractivity contribution in [3.05, 3.63) is 34.9 Å². The molecule has 8 heteroatoms. The Kier molecular flexibility index (Phi) is 4.13. The zero-order chi connectivity index (χ0) is 15.4. The van der Waals surface area contributed by atoms with Gasteiger partial charge in [-0.15, -0.1) is 5.10 Å². The quantitative estimate of drug-likeness (QED) is 0.837. The maximum Gasteiger partial charge on any atom is 0.325 e. The van der Waals surface area contributed by atoms with E-state index in [0.29, 0.717) is 29.2 Å². The molecular formula is C13H14N6O2. The van der Waals surface area contributed by atoms with Crippen molar-refractivity contribution in [3.63, 3.8) is 0 Å². The fourth-order valence-corrected chi connectivity index (χ4v) is 1.93. The lowest BCUT2D eigenvalue weighted by Gasteiger charge is -2.09. The maximum absolute atomic E-state index is 10.6. The van der Waals surface area contributed by atoms with Crippen molar-refractivity contribution >= 4 is 11.7 Å². The molecule has 0 amide bonds. The smallest absolute Gasteiger partial charge is 0.325 e. The molecule has 2 N–H and O–H groups in total. The highest BCUT2D eigenvalue weighted by atomic mass is 16.4. The summed E-state index contributed by atoms with van der Waals surface area (Å²) < 4.78 is 1.24. The van der Waals surface area contributed by atoms with Gasteiger partial charge < -0.3 is 10.4 Å². The van der Waals surface area contributed by atoms with Crippen molar-refractivity contribution in [2.45, 2.75) is 26.9 Å². The second kappa shape index (κ2) is 6.00. The number of rotatable bonds is 5. The van der Waals surface area contributed by atoms with Crippen molar-refractivity contribution < 1.29 is 9.90 Å². The van der Waals surface area contributed by atoms with E-state index in [9.17, 15) is 4.79 Å². The number of aryl methyl sites for hydroxylation is 2. The first-order valence-electron chi connectivity index (χ1n) is 6.22. The Balaban J connectivity index is 2.11. The van der Waals surface area contributed by atoms with E-state index in [1.165, 1.54) is 4.68 Å². The lowest BCUT2D eigenvalue weighted by Crippen LogP contribution is -2.09. The summed E-state index contributed by atoms with van der Waals surface area (Å²) in [4.78, 5) is 14.8. The summed E-state index contributed by atoms with van der Waals surface area (Å²) in [6.07, 6.45) is 1.55. The first kappa shape index (κ1) is 14.5. The van der Waals surface area contributed by atoms with Gasteiger partial charge in [-0.2, -0.15) is 5.26 Å². The lowest BCUT2D eigenvalue weighted by molar-refractivity contribution is -0.137. The van der Waals surface area contributed by atoms with Crippen molar-refractivity contribution in [2.75, 3.05) is 5.32 Å². The van der Waals surface area contributed by atoms with Gasteiger partial charge in [-0.1, -0.05) is 5.21 Å². The summed E-state index contributed by atoms with van der Waals surface area (Å²) >= 11 is 0. The van der Waals surface area contributed by atoms with Gasteiger partial charge in [0.2, 0.25) is 0 Å². The molecule has 0 saturated carbocycles. The van der Waals surface area contributed by atoms with Crippen LogP contribution in [0.2, 0.25) is 0 Å². The molecule has 2 aromatic rings. The molecule has 2 heterocycles. The highest BCUT2D eigenvalue weighted by Crippen LogP contribution is 2.19. The minimum atomic E-state index is -0.980. The molecular weight excluding hydrogens is 272 g/mol. The minimum Gasteiger partial charge on any atom is -0.480 e. The average molecular weight is 286 g/mol. The number of carboxylic acids is 1. The number of carbonyl (C=O) groups is 1. The third-order valence-electron chi connectivity index (χ3n) is 2.78. The molecule has 0 unspecified atom stereocenters. The van der Waals surface area contributed by atoms with E-state index in [1.54, 1.807) is 19.2 Å². The fourth-order valence-electron chi connectivity index (χ4n) is 1.93. The topological polar surface area (TPSA) is 117 Å². The fraction of sp³-hybridized carbons (Fsp3) is 0.308. The normalized spacial score (nSPS) is 10.1. The molecule has 8 nitrogen and oxygen atoms in total. The van der Waals surface area contributed by atoms with Gasteiger partial charge >= 0.3 is 5.97 Å². The molecule has 0 atom stereocenters. The van der Waals surface area contributed by atoms with E-state index >= 15 is 0 Å². The molecule has 108 valence electrons. The first-order valence-corrected chi connectivity index (χ1v) is 6.22. The number of hydrogen-bond acceptors (Lipinski definition) is 6. The second-order valence-electron chi connectivity index (χ2n) is 4.54. The lowest BCUT2D eigenvalue weighted by atomic mass is 10.1. The standard InChI is InChI=1S/C13H14N6O2/c1-8-3-12(11(4-14)9(2)16-8)15-5-10-6-19(18-17-10)7-13(20)21/h3,6H,5,7H2,1-2H3,(H,15,16)(H,20,21). The van der Waals surface area contributed by atoms with Crippen molar-refractivity contribution in [3.8, 4) is 6.07 Å². The van der Waals surface area contributed by atoms with Crippen LogP contribution >= 0.6 is 0 Å². The molecule has 2 rings (SSSR count). The Morgan fingerprint density at radius 1 is 1.52 bits per heavy atom. The Bertz CT molecular complexity index is 716. The van der Waals surface area contributed by atoms with E-state index in [-0.39, 0.29) is 6.54 Å². The highest BCUT2D eigenvalue weighted by Gasteiger charge is 2.09. The van der Waals surface area contributed by atoms with Crippen molar-refractivity contribution in [2.24, 2.45) is 0 Å². The van der Waals surface area contributed by atoms with Gasteiger partial charge in [0, 0.05) is 5.69 Å². The Morgan fingerprint density at radius 3 is 2.95 bits per heavy atom. The van der Waals surface area contributed by atoms with Crippen LogP contribution in [0, 0.1) is 25.2 Å². The van der Waals surface area contributed by atoms with Crippen LogP contribution in [0.25, 0.3) is 0 Å². The maximum atomic E-state index is 10.6. The number of carboxylic acid groups (broad SMARTS) is 1. The molecule has 0 aromatic carbocycles. The Morgan fingerprint density at radius 2 is 2.29 bits per heavy atom. The summed E-state index contributed by atoms with van der Waals surface area (Å²) in [7, 11) is 0. The molecule has 0 spiro atoms. The van der Waals surface area contributed by atoms with Crippen LogP contribution < -0.4 is 5.32 Å². The Labute approximate surface area is 121 Å². The Hall–Kier alpha value is -2.95. The monoisotopic (exact) mass is 286 g/mol. The largest absolute Gasteiger partial charge is 0.480 e. The van der Waals surface area contributed by atoms with Crippen LogP contribution in [-0.2, 0) is 17.9 Å². The number of anilines is 1. The van der Waals surface area contributed by atoms with Crippen molar-refractivity contribution in [1.82, 2.24) is 20.0 Å². The number of aromatic nitrogens is 4. The minimum absolute atomic E-state index is 0.232. The van der Waals surface area contributed by atoms with E-state index in [2.05, 4.69) is 26.7 Å². The first-order chi connectivity index (χ1) is 9.99. The predicted molar refractivity (Wildman–Crippen MR) is 73.4 cm³/mol. The van der Waals surface area contributed by atoms with Crippen LogP contribution in [0.15, 0.2) is 12.3 Å². The highest BCUT2D eigenvalue weighted by molar-refractivity contribution is 5.66. The summed E-state index contributed by atoms with van der Waals surface area (Å²) in [5, 5.41) is 28.5. The summed E-state index contributed by atoms with van der Waals surface area (Å²) in [6, 6.07) is 3.90. The second-order valence-corrected chi connectivity index (χ2v) is 4.54. The van der Waals surface area contributed by atoms with Gasteiger partial charge in [0.25, 0.3) is 0 Å². The zero-order valence-corrected chi connectivity index (χ0v) is 11.7. The summed E-state index contributed by atoms with van der Waals surface area (Å²) in [5.74, 6) is -0.980. The summed E-state index contributed by atoms with van der Waals surface area (Å²) in [5.41, 5.74) is 3.22. The van der Waals surface area contributed by atoms with Gasteiger partial charge in [0.05, 0.1) is 29.7 Å². The van der Waals surface area contributed by atoms with Crippen LogP contribution in [0.4, 0.5) is 5.69 Å². The van der Waals surface area contributed by atoms with Gasteiger partial charge in [-0.25, -0.2) is 4.68 Å². The third kappa shape index (κ3) is 3.54. The molecule has 21 heavy (non-hydrogen) atoms. The molecule has 2 aromatic heterocycles. The van der Waals surface area contributed by atoms with E-state index in [4.69, 9.17) is 10.4 Å². The molecule has 0 aliphatic carbocycles. The molecule has 0 aliphatic rings. The average Bonchev–Trinajstić information content (AvgIpc) is 2.82. The van der Waals surface area contributed by atoms with Gasteiger partial charge in [-0.05, 0) is 19.9 Å². The van der Waals surface area contributed by atoms with Crippen LogP contribution in [0.1, 0.15) is 22.6 Å². The number of nitrogens with one attached hydrogen (secondary N) is 1. The van der Waals surface area contributed by atoms with Gasteiger partial charge in [0.15, 0.2) is 0 Å². The number of pyridine rings is 1. The predicted octanol–water partition coefficient (Wildman–Crippen LogP) is 0.858. The zero-order valence-electron chi connectivity index (χ0n) is 11.7. The van der Waals surface area contributed by atoms with Crippen LogP contribution in [0.5, 0.6) is 0 Å². The van der Waals surface area contributed by atoms with E-state index in [0.717, 1.165) is 5.69 Å². The van der Waals surface area contributed by atoms with Gasteiger partial charge in [-0.3, -0.25) is 9.78 Å². The van der Waals surface area contributed by atoms with E-state index in [1.807, 2.05) is 6.92 Å². The molecule has 0 radical (unpaired) electrons. The number of nitrogens with zero attached hydrogens (tertiary/aromatic N) is 5. The number of nitriles is 1. The van der Waals surface area contributed by atoms with Crippen molar-refractivity contribution in [1.29, 1.82) is 5.26 Å². The van der Waals surface area contributed by atoms with Crippen LogP contribution in [0.3, 0.4) is 0 Å². The number of hydrogen-bond donors (Lipinski definition) is 2. The van der Waals surface area contributed by atoms with E-state index < -0.39 is 5.97 Å².